The average Bonchev–Trinajstić information content (AvgIpc) is 2.01. The molecule has 4 heteroatoms. The van der Waals surface area contributed by atoms with Gasteiger partial charge in [-0.15, -0.1) is 0 Å². The highest BCUT2D eigenvalue weighted by atomic mass is 16.3. The van der Waals surface area contributed by atoms with Crippen LogP contribution < -0.4 is 5.32 Å². The Labute approximate surface area is 81.6 Å². The third-order valence-corrected chi connectivity index (χ3v) is 1.21. The molecule has 0 heterocycles. The van der Waals surface area contributed by atoms with Crippen LogP contribution in [0.5, 0.6) is 0 Å². The van der Waals surface area contributed by atoms with Gasteiger partial charge in [0.1, 0.15) is 0 Å². The summed E-state index contributed by atoms with van der Waals surface area (Å²) in [6, 6.07) is 0.493. The van der Waals surface area contributed by atoms with Crippen molar-refractivity contribution in [3.63, 3.8) is 0 Å². The molecule has 82 valence electrons. The highest BCUT2D eigenvalue weighted by Crippen LogP contribution is 1.71. The summed E-state index contributed by atoms with van der Waals surface area (Å²) in [5, 5.41) is 19.5. The Kier molecular flexibility index (Phi) is 14.0. The molecule has 0 spiro atoms. The predicted octanol–water partition coefficient (Wildman–Crippen LogP) is -0.483. The van der Waals surface area contributed by atoms with E-state index >= 15 is 0 Å². The zero-order chi connectivity index (χ0) is 10.7. The van der Waals surface area contributed by atoms with Crippen LogP contribution in [0.25, 0.3) is 0 Å². The van der Waals surface area contributed by atoms with Crippen LogP contribution in [0.1, 0.15) is 13.8 Å². The molecule has 0 aromatic heterocycles. The largest absolute Gasteiger partial charge is 0.395 e. The fourth-order valence-corrected chi connectivity index (χ4v) is 0.553. The number of likely N-dealkylation sites (N-methyl/N-ethyl adjacent to an activating group) is 1. The lowest BCUT2D eigenvalue weighted by Gasteiger charge is -2.03. The highest BCUT2D eigenvalue weighted by molar-refractivity contribution is 4.49. The zero-order valence-electron chi connectivity index (χ0n) is 9.25. The summed E-state index contributed by atoms with van der Waals surface area (Å²) in [4.78, 5) is 1.93. The number of aliphatic hydroxyl groups is 2. The van der Waals surface area contributed by atoms with Crippen LogP contribution >= 0.6 is 0 Å². The van der Waals surface area contributed by atoms with Crippen molar-refractivity contribution in [3.8, 4) is 0 Å². The molecule has 0 aromatic rings. The first-order chi connectivity index (χ1) is 6.04. The SMILES string of the molecule is CC(C)NCCO.CN(C)CCO. The molecule has 0 saturated heterocycles. The van der Waals surface area contributed by atoms with Crippen molar-refractivity contribution >= 4 is 0 Å². The second-order valence-corrected chi connectivity index (χ2v) is 3.36. The summed E-state index contributed by atoms with van der Waals surface area (Å²) < 4.78 is 0. The van der Waals surface area contributed by atoms with Gasteiger partial charge in [-0.05, 0) is 14.1 Å². The number of hydrogen-bond donors (Lipinski definition) is 3. The predicted molar refractivity (Wildman–Crippen MR) is 55.9 cm³/mol. The van der Waals surface area contributed by atoms with E-state index in [1.807, 2.05) is 19.0 Å². The van der Waals surface area contributed by atoms with E-state index in [1.165, 1.54) is 0 Å². The minimum Gasteiger partial charge on any atom is -0.395 e. The van der Waals surface area contributed by atoms with Gasteiger partial charge < -0.3 is 20.4 Å². The molecule has 0 unspecified atom stereocenters. The molecule has 13 heavy (non-hydrogen) atoms. The van der Waals surface area contributed by atoms with Crippen molar-refractivity contribution in [1.82, 2.24) is 10.2 Å². The van der Waals surface area contributed by atoms with Gasteiger partial charge in [-0.1, -0.05) is 13.8 Å². The summed E-state index contributed by atoms with van der Waals surface area (Å²) in [7, 11) is 3.85. The Bertz CT molecular complexity index is 87.7. The molecule has 0 fully saturated rings. The van der Waals surface area contributed by atoms with Crippen LogP contribution in [0.15, 0.2) is 0 Å². The van der Waals surface area contributed by atoms with Crippen molar-refractivity contribution in [2.45, 2.75) is 19.9 Å². The normalized spacial score (nSPS) is 10.2. The molecule has 0 saturated carbocycles. The Balaban J connectivity index is 0. The summed E-state index contributed by atoms with van der Waals surface area (Å²) >= 11 is 0. The molecule has 0 radical (unpaired) electrons. The fraction of sp³-hybridized carbons (Fsp3) is 1.00. The van der Waals surface area contributed by atoms with Gasteiger partial charge in [-0.25, -0.2) is 0 Å². The number of nitrogens with one attached hydrogen (secondary N) is 1. The van der Waals surface area contributed by atoms with Crippen molar-refractivity contribution in [2.75, 3.05) is 40.4 Å². The molecule has 0 aliphatic rings. The van der Waals surface area contributed by atoms with Crippen LogP contribution in [0.3, 0.4) is 0 Å². The van der Waals surface area contributed by atoms with Gasteiger partial charge in [0.25, 0.3) is 0 Å². The van der Waals surface area contributed by atoms with Crippen molar-refractivity contribution < 1.29 is 10.2 Å². The van der Waals surface area contributed by atoms with E-state index in [1.54, 1.807) is 0 Å². The van der Waals surface area contributed by atoms with E-state index in [9.17, 15) is 0 Å². The standard InChI is InChI=1S/C5H13NO.C4H11NO/c1-5(2)6-3-4-7;1-5(2)3-4-6/h5-7H,3-4H2,1-2H3;6H,3-4H2,1-2H3. The zero-order valence-corrected chi connectivity index (χ0v) is 9.25. The maximum atomic E-state index is 8.25. The van der Waals surface area contributed by atoms with Crippen LogP contribution in [0, 0.1) is 0 Å². The Morgan fingerprint density at radius 3 is 1.77 bits per heavy atom. The lowest BCUT2D eigenvalue weighted by atomic mass is 10.4. The molecule has 3 N–H and O–H groups in total. The average molecular weight is 192 g/mol. The summed E-state index contributed by atoms with van der Waals surface area (Å²) in [5.41, 5.74) is 0. The van der Waals surface area contributed by atoms with E-state index < -0.39 is 0 Å². The highest BCUT2D eigenvalue weighted by Gasteiger charge is 1.86. The quantitative estimate of drug-likeness (QED) is 0.550. The third-order valence-electron chi connectivity index (χ3n) is 1.21. The van der Waals surface area contributed by atoms with Gasteiger partial charge in [0.15, 0.2) is 0 Å². The molecule has 0 bridgehead atoms. The lowest BCUT2D eigenvalue weighted by Crippen LogP contribution is -2.25. The second kappa shape index (κ2) is 11.8. The van der Waals surface area contributed by atoms with Gasteiger partial charge in [0.05, 0.1) is 13.2 Å². The van der Waals surface area contributed by atoms with Crippen LogP contribution in [-0.4, -0.2) is 61.6 Å². The first kappa shape index (κ1) is 15.3. The van der Waals surface area contributed by atoms with Gasteiger partial charge in [-0.2, -0.15) is 0 Å². The number of nitrogens with zero attached hydrogens (tertiary/aromatic N) is 1. The molecular formula is C9H24N2O2. The molecular weight excluding hydrogens is 168 g/mol. The second-order valence-electron chi connectivity index (χ2n) is 3.36. The first-order valence-electron chi connectivity index (χ1n) is 4.64. The molecule has 4 nitrogen and oxygen atoms in total. The van der Waals surface area contributed by atoms with Gasteiger partial charge in [0.2, 0.25) is 0 Å². The van der Waals surface area contributed by atoms with Gasteiger partial charge in [-0.3, -0.25) is 0 Å². The van der Waals surface area contributed by atoms with Crippen molar-refractivity contribution in [3.05, 3.63) is 0 Å². The number of aliphatic hydroxyl groups excluding tert-OH is 2. The fourth-order valence-electron chi connectivity index (χ4n) is 0.553. The monoisotopic (exact) mass is 192 g/mol. The van der Waals surface area contributed by atoms with E-state index in [4.69, 9.17) is 10.2 Å². The lowest BCUT2D eigenvalue weighted by molar-refractivity contribution is 0.243. The van der Waals surface area contributed by atoms with Crippen molar-refractivity contribution in [2.24, 2.45) is 0 Å². The van der Waals surface area contributed by atoms with E-state index in [0.29, 0.717) is 12.6 Å². The number of rotatable bonds is 5. The minimum atomic E-state index is 0.234. The van der Waals surface area contributed by atoms with Crippen molar-refractivity contribution in [1.29, 1.82) is 0 Å². The number of hydrogen-bond acceptors (Lipinski definition) is 4. The molecule has 0 aromatic carbocycles. The van der Waals surface area contributed by atoms with Crippen LogP contribution in [0.2, 0.25) is 0 Å². The molecule has 0 aliphatic heterocycles. The molecule has 0 atom stereocenters. The van der Waals surface area contributed by atoms with E-state index in [0.717, 1.165) is 6.54 Å². The molecule has 0 aliphatic carbocycles. The topological polar surface area (TPSA) is 55.7 Å². The summed E-state index contributed by atoms with van der Waals surface area (Å²) in [6.07, 6.45) is 0. The third kappa shape index (κ3) is 24.5. The molecule has 0 amide bonds. The van der Waals surface area contributed by atoms with Crippen LogP contribution in [-0.2, 0) is 0 Å². The van der Waals surface area contributed by atoms with E-state index in [2.05, 4.69) is 19.2 Å². The Hall–Kier alpha value is -0.160. The van der Waals surface area contributed by atoms with Gasteiger partial charge in [0, 0.05) is 19.1 Å². The maximum Gasteiger partial charge on any atom is 0.0558 e. The minimum absolute atomic E-state index is 0.234. The van der Waals surface area contributed by atoms with E-state index in [-0.39, 0.29) is 13.2 Å². The summed E-state index contributed by atoms with van der Waals surface area (Å²) in [6.45, 7) is 6.06. The van der Waals surface area contributed by atoms with Crippen LogP contribution in [0.4, 0.5) is 0 Å². The molecule has 0 rings (SSSR count). The van der Waals surface area contributed by atoms with Gasteiger partial charge >= 0.3 is 0 Å². The Morgan fingerprint density at radius 2 is 1.69 bits per heavy atom. The smallest absolute Gasteiger partial charge is 0.0558 e. The maximum absolute atomic E-state index is 8.25. The first-order valence-corrected chi connectivity index (χ1v) is 4.64. The summed E-state index contributed by atoms with van der Waals surface area (Å²) in [5.74, 6) is 0. The Morgan fingerprint density at radius 1 is 1.15 bits per heavy atom.